The van der Waals surface area contributed by atoms with Gasteiger partial charge in [-0.15, -0.1) is 0 Å². The minimum Gasteiger partial charge on any atom is -0.315 e. The molecule has 0 radical (unpaired) electrons. The molecule has 0 bridgehead atoms. The summed E-state index contributed by atoms with van der Waals surface area (Å²) >= 11 is 0. The minimum atomic E-state index is -2.88. The molecule has 1 rings (SSSR count). The molecule has 1 aliphatic rings. The Kier molecular flexibility index (Phi) is 3.02. The lowest BCUT2D eigenvalue weighted by Gasteiger charge is -2.20. The van der Waals surface area contributed by atoms with Crippen LogP contribution in [0.4, 0.5) is 0 Å². The summed E-state index contributed by atoms with van der Waals surface area (Å²) in [5.41, 5.74) is -0.124. The van der Waals surface area contributed by atoms with Crippen molar-refractivity contribution in [1.82, 2.24) is 5.32 Å². The van der Waals surface area contributed by atoms with Crippen LogP contribution in [0.2, 0.25) is 0 Å². The first-order chi connectivity index (χ1) is 5.81. The monoisotopic (exact) mass is 205 g/mol. The van der Waals surface area contributed by atoms with Gasteiger partial charge >= 0.3 is 0 Å². The molecule has 1 atom stereocenters. The fourth-order valence-electron chi connectivity index (χ4n) is 1.66. The summed E-state index contributed by atoms with van der Waals surface area (Å²) in [6.45, 7) is 7.37. The maximum atomic E-state index is 11.8. The van der Waals surface area contributed by atoms with Crippen LogP contribution in [-0.2, 0) is 9.84 Å². The Bertz CT molecular complexity index is 258. The van der Waals surface area contributed by atoms with Gasteiger partial charge in [-0.3, -0.25) is 0 Å². The molecule has 1 saturated heterocycles. The number of sulfone groups is 1. The number of rotatable bonds is 2. The second kappa shape index (κ2) is 3.58. The average molecular weight is 205 g/mol. The second-order valence-corrected chi connectivity index (χ2v) is 7.26. The van der Waals surface area contributed by atoms with Gasteiger partial charge in [0.2, 0.25) is 0 Å². The van der Waals surface area contributed by atoms with Crippen molar-refractivity contribution >= 4 is 9.84 Å². The van der Waals surface area contributed by atoms with E-state index in [9.17, 15) is 8.42 Å². The molecule has 3 nitrogen and oxygen atoms in total. The van der Waals surface area contributed by atoms with Crippen molar-refractivity contribution in [2.24, 2.45) is 5.41 Å². The molecule has 1 unspecified atom stereocenters. The van der Waals surface area contributed by atoms with Gasteiger partial charge in [0.15, 0.2) is 9.84 Å². The van der Waals surface area contributed by atoms with Gasteiger partial charge in [-0.2, -0.15) is 0 Å². The fourth-order valence-corrected chi connectivity index (χ4v) is 3.95. The molecule has 0 spiro atoms. The molecule has 1 fully saturated rings. The van der Waals surface area contributed by atoms with Gasteiger partial charge < -0.3 is 5.32 Å². The third kappa shape index (κ3) is 3.27. The molecule has 0 saturated carbocycles. The van der Waals surface area contributed by atoms with Crippen LogP contribution in [0.15, 0.2) is 0 Å². The lowest BCUT2D eigenvalue weighted by molar-refractivity contribution is 0.458. The van der Waals surface area contributed by atoms with E-state index >= 15 is 0 Å². The van der Waals surface area contributed by atoms with Crippen LogP contribution in [0.3, 0.4) is 0 Å². The molecule has 1 aliphatic heterocycles. The summed E-state index contributed by atoms with van der Waals surface area (Å²) in [7, 11) is -2.88. The van der Waals surface area contributed by atoms with Gasteiger partial charge in [0.05, 0.1) is 11.0 Å². The Morgan fingerprint density at radius 3 is 2.38 bits per heavy atom. The first-order valence-corrected chi connectivity index (χ1v) is 6.45. The van der Waals surface area contributed by atoms with E-state index in [-0.39, 0.29) is 10.7 Å². The molecule has 78 valence electrons. The molecule has 13 heavy (non-hydrogen) atoms. The molecule has 0 aromatic heterocycles. The quantitative estimate of drug-likeness (QED) is 0.725. The summed E-state index contributed by atoms with van der Waals surface area (Å²) in [4.78, 5) is 0. The molecule has 1 N–H and O–H groups in total. The summed E-state index contributed by atoms with van der Waals surface area (Å²) in [5.74, 6) is 0.298. The summed E-state index contributed by atoms with van der Waals surface area (Å²) in [5, 5.41) is 2.94. The predicted molar refractivity (Wildman–Crippen MR) is 54.5 cm³/mol. The van der Waals surface area contributed by atoms with E-state index in [2.05, 4.69) is 5.32 Å². The van der Waals surface area contributed by atoms with E-state index in [0.717, 1.165) is 13.0 Å². The summed E-state index contributed by atoms with van der Waals surface area (Å²) in [6.07, 6.45) is 0.776. The molecule has 0 aromatic rings. The smallest absolute Gasteiger partial charge is 0.154 e. The van der Waals surface area contributed by atoms with E-state index in [1.165, 1.54) is 0 Å². The van der Waals surface area contributed by atoms with E-state index in [0.29, 0.717) is 12.3 Å². The van der Waals surface area contributed by atoms with Crippen molar-refractivity contribution in [2.45, 2.75) is 32.4 Å². The molecule has 4 heteroatoms. The molecular weight excluding hydrogens is 186 g/mol. The first-order valence-electron chi connectivity index (χ1n) is 4.73. The lowest BCUT2D eigenvalue weighted by atomic mass is 10.0. The number of nitrogens with one attached hydrogen (secondary N) is 1. The van der Waals surface area contributed by atoms with Crippen LogP contribution < -0.4 is 5.32 Å². The average Bonchev–Trinajstić information content (AvgIpc) is 2.29. The van der Waals surface area contributed by atoms with Crippen molar-refractivity contribution in [3.8, 4) is 0 Å². The van der Waals surface area contributed by atoms with Crippen LogP contribution >= 0.6 is 0 Å². The molecule has 1 heterocycles. The van der Waals surface area contributed by atoms with Gasteiger partial charge in [-0.05, 0) is 18.4 Å². The van der Waals surface area contributed by atoms with Gasteiger partial charge in [0.1, 0.15) is 0 Å². The highest BCUT2D eigenvalue weighted by Gasteiger charge is 2.31. The van der Waals surface area contributed by atoms with Crippen molar-refractivity contribution in [3.63, 3.8) is 0 Å². The van der Waals surface area contributed by atoms with E-state index in [1.807, 2.05) is 20.8 Å². The van der Waals surface area contributed by atoms with Crippen LogP contribution in [0.5, 0.6) is 0 Å². The van der Waals surface area contributed by atoms with Crippen LogP contribution in [-0.4, -0.2) is 32.5 Å². The second-order valence-electron chi connectivity index (χ2n) is 4.98. The Hall–Kier alpha value is -0.0900. The van der Waals surface area contributed by atoms with E-state index < -0.39 is 9.84 Å². The van der Waals surface area contributed by atoms with Gasteiger partial charge in [-0.1, -0.05) is 20.8 Å². The first kappa shape index (κ1) is 11.0. The van der Waals surface area contributed by atoms with Crippen molar-refractivity contribution < 1.29 is 8.42 Å². The summed E-state index contributed by atoms with van der Waals surface area (Å²) in [6, 6.07) is 0. The molecular formula is C9H19NO2S. The Balaban J connectivity index is 2.66. The van der Waals surface area contributed by atoms with Crippen molar-refractivity contribution in [1.29, 1.82) is 0 Å². The van der Waals surface area contributed by atoms with E-state index in [1.54, 1.807) is 0 Å². The topological polar surface area (TPSA) is 46.2 Å². The highest BCUT2D eigenvalue weighted by molar-refractivity contribution is 7.92. The maximum absolute atomic E-state index is 11.8. The fraction of sp³-hybridized carbons (Fsp3) is 1.00. The third-order valence-electron chi connectivity index (χ3n) is 2.16. The Morgan fingerprint density at radius 2 is 2.00 bits per heavy atom. The number of hydrogen-bond donors (Lipinski definition) is 1. The lowest BCUT2D eigenvalue weighted by Crippen LogP contribution is -2.31. The SMILES string of the molecule is CC(C)(C)CS(=O)(=O)C1CCNC1. The molecule has 0 amide bonds. The van der Waals surface area contributed by atoms with Crippen molar-refractivity contribution in [2.75, 3.05) is 18.8 Å². The Labute approximate surface area is 80.8 Å². The zero-order valence-corrected chi connectivity index (χ0v) is 9.45. The molecule has 0 aromatic carbocycles. The highest BCUT2D eigenvalue weighted by Crippen LogP contribution is 2.21. The summed E-state index contributed by atoms with van der Waals surface area (Å²) < 4.78 is 23.6. The maximum Gasteiger partial charge on any atom is 0.154 e. The zero-order chi connectivity index (χ0) is 10.1. The normalized spacial score (nSPS) is 25.0. The largest absolute Gasteiger partial charge is 0.315 e. The zero-order valence-electron chi connectivity index (χ0n) is 8.63. The van der Waals surface area contributed by atoms with Crippen LogP contribution in [0, 0.1) is 5.41 Å². The van der Waals surface area contributed by atoms with Crippen LogP contribution in [0.1, 0.15) is 27.2 Å². The van der Waals surface area contributed by atoms with Gasteiger partial charge in [0, 0.05) is 6.54 Å². The van der Waals surface area contributed by atoms with Gasteiger partial charge in [-0.25, -0.2) is 8.42 Å². The number of hydrogen-bond acceptors (Lipinski definition) is 3. The third-order valence-corrected chi connectivity index (χ3v) is 4.84. The minimum absolute atomic E-state index is 0.124. The van der Waals surface area contributed by atoms with Crippen molar-refractivity contribution in [3.05, 3.63) is 0 Å². The molecule has 0 aliphatic carbocycles. The standard InChI is InChI=1S/C9H19NO2S/c1-9(2,3)7-13(11,12)8-4-5-10-6-8/h8,10H,4-7H2,1-3H3. The van der Waals surface area contributed by atoms with Gasteiger partial charge in [0.25, 0.3) is 0 Å². The van der Waals surface area contributed by atoms with E-state index in [4.69, 9.17) is 0 Å². The predicted octanol–water partition coefficient (Wildman–Crippen LogP) is 0.809. The van der Waals surface area contributed by atoms with Crippen LogP contribution in [0.25, 0.3) is 0 Å². The Morgan fingerprint density at radius 1 is 1.38 bits per heavy atom. The highest BCUT2D eigenvalue weighted by atomic mass is 32.2.